The second-order valence-electron chi connectivity index (χ2n) is 4.02. The van der Waals surface area contributed by atoms with Crippen molar-refractivity contribution in [2.24, 2.45) is 0 Å². The minimum Gasteiger partial charge on any atom is -0.497 e. The second-order valence-corrected chi connectivity index (χ2v) is 4.42. The van der Waals surface area contributed by atoms with Crippen LogP contribution in [0.3, 0.4) is 0 Å². The minimum absolute atomic E-state index is 0.341. The number of fused-ring (bicyclic) bond motifs is 1. The van der Waals surface area contributed by atoms with Gasteiger partial charge in [0.15, 0.2) is 0 Å². The third-order valence-corrected chi connectivity index (χ3v) is 3.23. The number of methoxy groups -OCH3 is 1. The molecular formula is C13H11ClN4O. The molecule has 0 bridgehead atoms. The number of rotatable bonds is 2. The molecule has 96 valence electrons. The number of benzene rings is 1. The number of aromatic nitrogens is 3. The van der Waals surface area contributed by atoms with Crippen LogP contribution in [0.2, 0.25) is 5.02 Å². The lowest BCUT2D eigenvalue weighted by molar-refractivity contribution is 0.415. The van der Waals surface area contributed by atoms with Gasteiger partial charge in [-0.25, -0.2) is 0 Å². The van der Waals surface area contributed by atoms with Crippen LogP contribution >= 0.6 is 11.6 Å². The molecule has 1 aromatic carbocycles. The molecule has 0 saturated heterocycles. The maximum absolute atomic E-state index is 6.26. The van der Waals surface area contributed by atoms with E-state index in [1.54, 1.807) is 17.6 Å². The zero-order valence-corrected chi connectivity index (χ0v) is 10.9. The molecule has 0 spiro atoms. The average Bonchev–Trinajstić information content (AvgIpc) is 2.90. The van der Waals surface area contributed by atoms with Crippen molar-refractivity contribution >= 4 is 23.1 Å². The normalized spacial score (nSPS) is 10.8. The Hall–Kier alpha value is -2.27. The van der Waals surface area contributed by atoms with Gasteiger partial charge in [-0.05, 0) is 30.3 Å². The van der Waals surface area contributed by atoms with Gasteiger partial charge in [0, 0.05) is 11.8 Å². The Bertz CT molecular complexity index is 753. The van der Waals surface area contributed by atoms with Crippen molar-refractivity contribution in [1.82, 2.24) is 14.6 Å². The Morgan fingerprint density at radius 2 is 2.11 bits per heavy atom. The van der Waals surface area contributed by atoms with E-state index in [-0.39, 0.29) is 0 Å². The lowest BCUT2D eigenvalue weighted by Gasteiger charge is -2.08. The van der Waals surface area contributed by atoms with Crippen LogP contribution in [-0.2, 0) is 0 Å². The molecule has 2 heterocycles. The highest BCUT2D eigenvalue weighted by molar-refractivity contribution is 6.33. The predicted molar refractivity (Wildman–Crippen MR) is 74.4 cm³/mol. The van der Waals surface area contributed by atoms with Gasteiger partial charge in [-0.15, -0.1) is 10.2 Å². The van der Waals surface area contributed by atoms with Crippen LogP contribution in [0.1, 0.15) is 0 Å². The van der Waals surface area contributed by atoms with Crippen LogP contribution < -0.4 is 10.5 Å². The van der Waals surface area contributed by atoms with E-state index in [0.29, 0.717) is 22.4 Å². The van der Waals surface area contributed by atoms with Crippen LogP contribution in [0.15, 0.2) is 36.5 Å². The maximum Gasteiger partial charge on any atom is 0.225 e. The Kier molecular flexibility index (Phi) is 2.76. The van der Waals surface area contributed by atoms with Gasteiger partial charge in [-0.3, -0.25) is 4.40 Å². The number of hydrogen-bond acceptors (Lipinski definition) is 4. The molecule has 0 aliphatic rings. The fourth-order valence-corrected chi connectivity index (χ4v) is 2.24. The Morgan fingerprint density at radius 1 is 1.26 bits per heavy atom. The van der Waals surface area contributed by atoms with E-state index in [1.165, 1.54) is 0 Å². The number of ether oxygens (including phenoxy) is 1. The number of anilines is 1. The Labute approximate surface area is 114 Å². The minimum atomic E-state index is 0.341. The largest absolute Gasteiger partial charge is 0.497 e. The number of nitrogens with zero attached hydrogens (tertiary/aromatic N) is 3. The highest BCUT2D eigenvalue weighted by Gasteiger charge is 2.12. The first-order chi connectivity index (χ1) is 9.20. The first-order valence-corrected chi connectivity index (χ1v) is 6.01. The van der Waals surface area contributed by atoms with Gasteiger partial charge in [0.1, 0.15) is 11.4 Å². The summed E-state index contributed by atoms with van der Waals surface area (Å²) in [5, 5.41) is 8.64. The zero-order valence-electron chi connectivity index (χ0n) is 10.2. The van der Waals surface area contributed by atoms with Gasteiger partial charge in [0.25, 0.3) is 0 Å². The topological polar surface area (TPSA) is 65.4 Å². The van der Waals surface area contributed by atoms with Crippen molar-refractivity contribution in [1.29, 1.82) is 0 Å². The lowest BCUT2D eigenvalue weighted by Crippen LogP contribution is -2.03. The summed E-state index contributed by atoms with van der Waals surface area (Å²) in [4.78, 5) is 0. The zero-order chi connectivity index (χ0) is 13.4. The summed E-state index contributed by atoms with van der Waals surface area (Å²) in [6.07, 6.45) is 1.83. The maximum atomic E-state index is 6.26. The third-order valence-electron chi connectivity index (χ3n) is 2.92. The fraction of sp³-hybridized carbons (Fsp3) is 0.0769. The Morgan fingerprint density at radius 3 is 2.84 bits per heavy atom. The van der Waals surface area contributed by atoms with Crippen LogP contribution in [-0.4, -0.2) is 21.7 Å². The Balaban J connectivity index is 2.25. The van der Waals surface area contributed by atoms with Crippen LogP contribution in [0.25, 0.3) is 16.8 Å². The van der Waals surface area contributed by atoms with Gasteiger partial charge in [0.2, 0.25) is 5.95 Å². The summed E-state index contributed by atoms with van der Waals surface area (Å²) < 4.78 is 6.90. The van der Waals surface area contributed by atoms with E-state index >= 15 is 0 Å². The van der Waals surface area contributed by atoms with Gasteiger partial charge < -0.3 is 10.5 Å². The second kappa shape index (κ2) is 4.44. The molecule has 0 fully saturated rings. The van der Waals surface area contributed by atoms with Crippen LogP contribution in [0.5, 0.6) is 5.75 Å². The number of hydrogen-bond donors (Lipinski definition) is 1. The van der Waals surface area contributed by atoms with E-state index in [2.05, 4.69) is 10.2 Å². The molecule has 19 heavy (non-hydrogen) atoms. The SMILES string of the molecule is COc1ccc(-c2nnc(N)n3cccc23)c(Cl)c1. The molecule has 0 unspecified atom stereocenters. The van der Waals surface area contributed by atoms with Crippen molar-refractivity contribution in [2.45, 2.75) is 0 Å². The van der Waals surface area contributed by atoms with Gasteiger partial charge >= 0.3 is 0 Å². The smallest absolute Gasteiger partial charge is 0.225 e. The molecule has 0 atom stereocenters. The summed E-state index contributed by atoms with van der Waals surface area (Å²) in [7, 11) is 1.60. The standard InChI is InChI=1S/C13H11ClN4O/c1-19-8-4-5-9(10(14)7-8)12-11-3-2-6-18(11)13(15)17-16-12/h2-7H,1H3,(H2,15,17). The molecule has 6 heteroatoms. The molecule has 3 rings (SSSR count). The molecule has 0 aliphatic heterocycles. The van der Waals surface area contributed by atoms with Crippen LogP contribution in [0.4, 0.5) is 5.95 Å². The first-order valence-electron chi connectivity index (χ1n) is 5.64. The fourth-order valence-electron chi connectivity index (χ4n) is 1.98. The van der Waals surface area contributed by atoms with Crippen molar-refractivity contribution in [3.05, 3.63) is 41.6 Å². The van der Waals surface area contributed by atoms with Crippen molar-refractivity contribution < 1.29 is 4.74 Å². The number of nitrogens with two attached hydrogens (primary N) is 1. The van der Waals surface area contributed by atoms with E-state index in [0.717, 1.165) is 11.1 Å². The highest BCUT2D eigenvalue weighted by Crippen LogP contribution is 2.32. The van der Waals surface area contributed by atoms with Gasteiger partial charge in [0.05, 0.1) is 17.6 Å². The predicted octanol–water partition coefficient (Wildman–Crippen LogP) is 2.64. The van der Waals surface area contributed by atoms with E-state index in [1.807, 2.05) is 30.5 Å². The molecular weight excluding hydrogens is 264 g/mol. The monoisotopic (exact) mass is 274 g/mol. The molecule has 0 radical (unpaired) electrons. The molecule has 0 saturated carbocycles. The first kappa shape index (κ1) is 11.8. The molecule has 2 aromatic heterocycles. The average molecular weight is 275 g/mol. The number of nitrogen functional groups attached to an aromatic ring is 1. The van der Waals surface area contributed by atoms with Crippen LogP contribution in [0, 0.1) is 0 Å². The summed E-state index contributed by atoms with van der Waals surface area (Å²) in [5.74, 6) is 1.04. The third kappa shape index (κ3) is 1.88. The van der Waals surface area contributed by atoms with E-state index in [4.69, 9.17) is 22.1 Å². The molecule has 3 aromatic rings. The summed E-state index contributed by atoms with van der Waals surface area (Å²) in [5.41, 5.74) is 8.11. The molecule has 0 aliphatic carbocycles. The van der Waals surface area contributed by atoms with Gasteiger partial charge in [-0.2, -0.15) is 0 Å². The summed E-state index contributed by atoms with van der Waals surface area (Å²) in [6, 6.07) is 9.23. The summed E-state index contributed by atoms with van der Waals surface area (Å²) in [6.45, 7) is 0. The quantitative estimate of drug-likeness (QED) is 0.780. The van der Waals surface area contributed by atoms with E-state index < -0.39 is 0 Å². The highest BCUT2D eigenvalue weighted by atomic mass is 35.5. The van der Waals surface area contributed by atoms with Crippen molar-refractivity contribution in [2.75, 3.05) is 12.8 Å². The summed E-state index contributed by atoms with van der Waals surface area (Å²) >= 11 is 6.26. The lowest BCUT2D eigenvalue weighted by atomic mass is 10.1. The van der Waals surface area contributed by atoms with Crippen molar-refractivity contribution in [3.63, 3.8) is 0 Å². The molecule has 2 N–H and O–H groups in total. The molecule has 0 amide bonds. The van der Waals surface area contributed by atoms with E-state index in [9.17, 15) is 0 Å². The van der Waals surface area contributed by atoms with Gasteiger partial charge in [-0.1, -0.05) is 11.6 Å². The molecule has 5 nitrogen and oxygen atoms in total. The number of halogens is 1. The van der Waals surface area contributed by atoms with Crippen molar-refractivity contribution in [3.8, 4) is 17.0 Å².